The lowest BCUT2D eigenvalue weighted by Gasteiger charge is -2.17. The van der Waals surface area contributed by atoms with Crippen LogP contribution in [0.3, 0.4) is 0 Å². The van der Waals surface area contributed by atoms with Crippen molar-refractivity contribution < 1.29 is 0 Å². The molecule has 6 heteroatoms. The molecule has 0 radical (unpaired) electrons. The molecule has 0 amide bonds. The molecule has 0 aliphatic carbocycles. The zero-order valence-electron chi connectivity index (χ0n) is 11.8. The van der Waals surface area contributed by atoms with Crippen LogP contribution in [0, 0.1) is 0 Å². The summed E-state index contributed by atoms with van der Waals surface area (Å²) in [6.45, 7) is 5.27. The summed E-state index contributed by atoms with van der Waals surface area (Å²) in [4.78, 5) is 1.21. The molecule has 1 N–H and O–H groups in total. The highest BCUT2D eigenvalue weighted by atomic mass is 32.1. The number of rotatable bonds is 7. The highest BCUT2D eigenvalue weighted by Crippen LogP contribution is 2.27. The van der Waals surface area contributed by atoms with Crippen LogP contribution in [-0.4, -0.2) is 26.4 Å². The third-order valence-corrected chi connectivity index (χ3v) is 3.93. The first kappa shape index (κ1) is 14.1. The van der Waals surface area contributed by atoms with Crippen LogP contribution in [0.2, 0.25) is 0 Å². The monoisotopic (exact) mass is 279 g/mol. The largest absolute Gasteiger partial charge is 0.307 e. The fourth-order valence-corrected chi connectivity index (χ4v) is 3.06. The van der Waals surface area contributed by atoms with E-state index in [9.17, 15) is 0 Å². The molecule has 0 spiro atoms. The van der Waals surface area contributed by atoms with Gasteiger partial charge in [0.1, 0.15) is 0 Å². The van der Waals surface area contributed by atoms with E-state index in [-0.39, 0.29) is 6.04 Å². The maximum Gasteiger partial charge on any atom is 0.0874 e. The first-order chi connectivity index (χ1) is 9.31. The van der Waals surface area contributed by atoms with Crippen LogP contribution < -0.4 is 5.32 Å². The van der Waals surface area contributed by atoms with E-state index >= 15 is 0 Å². The normalized spacial score (nSPS) is 12.8. The average Bonchev–Trinajstić information content (AvgIpc) is 3.03. The maximum atomic E-state index is 4.40. The maximum absolute atomic E-state index is 4.40. The minimum atomic E-state index is 0.135. The van der Waals surface area contributed by atoms with Crippen molar-refractivity contribution in [2.75, 3.05) is 7.05 Å². The minimum Gasteiger partial charge on any atom is -0.307 e. The molecule has 1 unspecified atom stereocenters. The molecule has 2 aromatic rings. The second-order valence-corrected chi connectivity index (χ2v) is 5.32. The first-order valence-corrected chi connectivity index (χ1v) is 7.59. The summed E-state index contributed by atoms with van der Waals surface area (Å²) >= 11 is 1.48. The molecule has 2 heterocycles. The lowest BCUT2D eigenvalue weighted by molar-refractivity contribution is 0.535. The van der Waals surface area contributed by atoms with E-state index < -0.39 is 0 Å². The molecule has 0 aromatic carbocycles. The summed E-state index contributed by atoms with van der Waals surface area (Å²) in [6, 6.07) is 2.21. The topological polar surface area (TPSA) is 55.6 Å². The molecule has 1 atom stereocenters. The van der Waals surface area contributed by atoms with Gasteiger partial charge in [0.2, 0.25) is 0 Å². The summed E-state index contributed by atoms with van der Waals surface area (Å²) in [5.74, 6) is 0. The highest BCUT2D eigenvalue weighted by molar-refractivity contribution is 7.05. The molecular formula is C13H21N5S. The van der Waals surface area contributed by atoms with Crippen molar-refractivity contribution in [3.05, 3.63) is 28.5 Å². The van der Waals surface area contributed by atoms with Crippen molar-refractivity contribution in [1.82, 2.24) is 24.7 Å². The van der Waals surface area contributed by atoms with Gasteiger partial charge in [-0.1, -0.05) is 24.8 Å². The fourth-order valence-electron chi connectivity index (χ4n) is 2.25. The van der Waals surface area contributed by atoms with E-state index in [0.717, 1.165) is 31.5 Å². The predicted molar refractivity (Wildman–Crippen MR) is 77.3 cm³/mol. The number of nitrogens with zero attached hydrogens (tertiary/aromatic N) is 4. The summed E-state index contributed by atoms with van der Waals surface area (Å²) in [6.07, 6.45) is 5.01. The van der Waals surface area contributed by atoms with Crippen LogP contribution in [0.4, 0.5) is 0 Å². The van der Waals surface area contributed by atoms with Gasteiger partial charge in [-0.05, 0) is 37.5 Å². The molecule has 0 bridgehead atoms. The summed E-state index contributed by atoms with van der Waals surface area (Å²) in [7, 11) is 1.98. The number of nitrogens with one attached hydrogen (secondary N) is 1. The predicted octanol–water partition coefficient (Wildman–Crippen LogP) is 2.41. The van der Waals surface area contributed by atoms with Crippen molar-refractivity contribution in [3.63, 3.8) is 0 Å². The van der Waals surface area contributed by atoms with Gasteiger partial charge in [0.15, 0.2) is 0 Å². The molecule has 0 saturated carbocycles. The van der Waals surface area contributed by atoms with E-state index in [0.29, 0.717) is 0 Å². The smallest absolute Gasteiger partial charge is 0.0874 e. The SMILES string of the molecule is CCCc1nnsc1C(NC)c1ccnn1CCC. The van der Waals surface area contributed by atoms with E-state index in [2.05, 4.69) is 44.6 Å². The highest BCUT2D eigenvalue weighted by Gasteiger charge is 2.22. The van der Waals surface area contributed by atoms with Crippen molar-refractivity contribution in [3.8, 4) is 0 Å². The van der Waals surface area contributed by atoms with Gasteiger partial charge in [-0.15, -0.1) is 5.10 Å². The molecule has 0 aliphatic heterocycles. The Hall–Kier alpha value is -1.27. The molecule has 5 nitrogen and oxygen atoms in total. The van der Waals surface area contributed by atoms with E-state index in [1.165, 1.54) is 22.1 Å². The summed E-state index contributed by atoms with van der Waals surface area (Å²) in [5.41, 5.74) is 2.30. The Morgan fingerprint density at radius 3 is 2.89 bits per heavy atom. The molecule has 0 aliphatic rings. The van der Waals surface area contributed by atoms with Gasteiger partial charge in [0.05, 0.1) is 22.3 Å². The molecule has 0 saturated heterocycles. The van der Waals surface area contributed by atoms with Crippen LogP contribution in [-0.2, 0) is 13.0 Å². The van der Waals surface area contributed by atoms with Crippen molar-refractivity contribution in [2.24, 2.45) is 0 Å². The third-order valence-electron chi connectivity index (χ3n) is 3.10. The van der Waals surface area contributed by atoms with Crippen molar-refractivity contribution >= 4 is 11.5 Å². The lowest BCUT2D eigenvalue weighted by Crippen LogP contribution is -2.22. The number of hydrogen-bond donors (Lipinski definition) is 1. The van der Waals surface area contributed by atoms with Crippen LogP contribution in [0.25, 0.3) is 0 Å². The van der Waals surface area contributed by atoms with Gasteiger partial charge in [0.25, 0.3) is 0 Å². The van der Waals surface area contributed by atoms with Crippen molar-refractivity contribution in [1.29, 1.82) is 0 Å². The Bertz CT molecular complexity index is 460. The van der Waals surface area contributed by atoms with Gasteiger partial charge >= 0.3 is 0 Å². The minimum absolute atomic E-state index is 0.135. The van der Waals surface area contributed by atoms with Gasteiger partial charge in [0, 0.05) is 12.7 Å². The van der Waals surface area contributed by atoms with E-state index in [1.807, 2.05) is 13.2 Å². The summed E-state index contributed by atoms with van der Waals surface area (Å²) in [5, 5.41) is 12.0. The van der Waals surface area contributed by atoms with Gasteiger partial charge in [-0.25, -0.2) is 0 Å². The molecule has 0 fully saturated rings. The lowest BCUT2D eigenvalue weighted by atomic mass is 10.1. The first-order valence-electron chi connectivity index (χ1n) is 6.81. The second-order valence-electron chi connectivity index (χ2n) is 4.53. The molecule has 2 aromatic heterocycles. The Morgan fingerprint density at radius 1 is 1.37 bits per heavy atom. The zero-order valence-corrected chi connectivity index (χ0v) is 12.6. The molecule has 2 rings (SSSR count). The van der Waals surface area contributed by atoms with Crippen LogP contribution >= 0.6 is 11.5 Å². The average molecular weight is 279 g/mol. The second kappa shape index (κ2) is 6.77. The van der Waals surface area contributed by atoms with Crippen molar-refractivity contribution in [2.45, 2.75) is 45.7 Å². The van der Waals surface area contributed by atoms with Crippen LogP contribution in [0.15, 0.2) is 12.3 Å². The Morgan fingerprint density at radius 2 is 2.21 bits per heavy atom. The quantitative estimate of drug-likeness (QED) is 0.845. The summed E-state index contributed by atoms with van der Waals surface area (Å²) < 4.78 is 6.18. The Labute approximate surface area is 118 Å². The number of aryl methyl sites for hydroxylation is 2. The number of hydrogen-bond acceptors (Lipinski definition) is 5. The van der Waals surface area contributed by atoms with Gasteiger partial charge in [-0.2, -0.15) is 5.10 Å². The number of aromatic nitrogens is 4. The fraction of sp³-hybridized carbons (Fsp3) is 0.615. The van der Waals surface area contributed by atoms with Crippen LogP contribution in [0.5, 0.6) is 0 Å². The van der Waals surface area contributed by atoms with E-state index in [4.69, 9.17) is 0 Å². The Kier molecular flexibility index (Phi) is 5.04. The van der Waals surface area contributed by atoms with Gasteiger partial charge < -0.3 is 5.32 Å². The zero-order chi connectivity index (χ0) is 13.7. The standard InChI is InChI=1S/C13H21N5S/c1-4-6-10-13(19-17-16-10)12(14-3)11-7-8-15-18(11)9-5-2/h7-8,12,14H,4-6,9H2,1-3H3. The third kappa shape index (κ3) is 3.01. The Balaban J connectivity index is 2.33. The van der Waals surface area contributed by atoms with Crippen LogP contribution in [0.1, 0.15) is 49.0 Å². The molecule has 19 heavy (non-hydrogen) atoms. The van der Waals surface area contributed by atoms with E-state index in [1.54, 1.807) is 0 Å². The molecule has 104 valence electrons. The molecular weight excluding hydrogens is 258 g/mol. The van der Waals surface area contributed by atoms with Gasteiger partial charge in [-0.3, -0.25) is 4.68 Å².